The van der Waals surface area contributed by atoms with Gasteiger partial charge in [0, 0.05) is 11.5 Å². The smallest absolute Gasteiger partial charge is 0.166 e. The van der Waals surface area contributed by atoms with Gasteiger partial charge in [-0.2, -0.15) is 0 Å². The van der Waals surface area contributed by atoms with Crippen LogP contribution in [0.5, 0.6) is 0 Å². The Kier molecular flexibility index (Phi) is 2.55. The Hall–Kier alpha value is -1.15. The Balaban J connectivity index is 1.78. The predicted molar refractivity (Wildman–Crippen MR) is 66.0 cm³/mol. The maximum absolute atomic E-state index is 12.2. The standard InChI is InChI=1S/C15H18O2/c16-14-12(10-15(17)7-3-4-8-15)9-11-5-1-2-6-13(11)14/h1-2,5-6,12,17H,3-4,7-10H2. The molecule has 90 valence electrons. The minimum Gasteiger partial charge on any atom is -0.390 e. The van der Waals surface area contributed by atoms with Crippen LogP contribution in [0, 0.1) is 5.92 Å². The van der Waals surface area contributed by atoms with Gasteiger partial charge in [-0.1, -0.05) is 37.1 Å². The zero-order chi connectivity index (χ0) is 11.9. The second-order valence-corrected chi connectivity index (χ2v) is 5.56. The fourth-order valence-corrected chi connectivity index (χ4v) is 3.38. The molecule has 2 aliphatic carbocycles. The van der Waals surface area contributed by atoms with E-state index in [2.05, 4.69) is 0 Å². The van der Waals surface area contributed by atoms with Gasteiger partial charge in [0.25, 0.3) is 0 Å². The molecule has 1 N–H and O–H groups in total. The summed E-state index contributed by atoms with van der Waals surface area (Å²) < 4.78 is 0. The summed E-state index contributed by atoms with van der Waals surface area (Å²) in [4.78, 5) is 12.2. The van der Waals surface area contributed by atoms with Crippen LogP contribution in [-0.2, 0) is 6.42 Å². The molecule has 1 aromatic rings. The molecule has 1 aromatic carbocycles. The van der Waals surface area contributed by atoms with Crippen molar-refractivity contribution in [2.75, 3.05) is 0 Å². The van der Waals surface area contributed by atoms with Crippen molar-refractivity contribution in [1.82, 2.24) is 0 Å². The van der Waals surface area contributed by atoms with Crippen LogP contribution in [0.1, 0.15) is 48.0 Å². The molecule has 0 aliphatic heterocycles. The van der Waals surface area contributed by atoms with E-state index in [0.29, 0.717) is 6.42 Å². The van der Waals surface area contributed by atoms with E-state index < -0.39 is 5.60 Å². The molecule has 17 heavy (non-hydrogen) atoms. The Morgan fingerprint density at radius 3 is 2.65 bits per heavy atom. The average Bonchev–Trinajstić information content (AvgIpc) is 2.86. The maximum Gasteiger partial charge on any atom is 0.166 e. The van der Waals surface area contributed by atoms with E-state index in [1.54, 1.807) is 0 Å². The summed E-state index contributed by atoms with van der Waals surface area (Å²) in [5.74, 6) is 0.247. The topological polar surface area (TPSA) is 37.3 Å². The second-order valence-electron chi connectivity index (χ2n) is 5.56. The van der Waals surface area contributed by atoms with Crippen LogP contribution >= 0.6 is 0 Å². The molecule has 1 saturated carbocycles. The third-order valence-electron chi connectivity index (χ3n) is 4.28. The van der Waals surface area contributed by atoms with Gasteiger partial charge in [0.15, 0.2) is 5.78 Å². The van der Waals surface area contributed by atoms with Crippen molar-refractivity contribution in [1.29, 1.82) is 0 Å². The molecule has 0 heterocycles. The number of hydrogen-bond acceptors (Lipinski definition) is 2. The minimum absolute atomic E-state index is 0.00972. The highest BCUT2D eigenvalue weighted by molar-refractivity contribution is 6.02. The molecular formula is C15H18O2. The number of benzene rings is 1. The van der Waals surface area contributed by atoms with Gasteiger partial charge in [-0.15, -0.1) is 0 Å². The SMILES string of the molecule is O=C1c2ccccc2CC1CC1(O)CCCC1. The fourth-order valence-electron chi connectivity index (χ4n) is 3.38. The molecule has 2 aliphatic rings. The lowest BCUT2D eigenvalue weighted by Gasteiger charge is -2.24. The molecule has 2 nitrogen and oxygen atoms in total. The number of fused-ring (bicyclic) bond motifs is 1. The summed E-state index contributed by atoms with van der Waals surface area (Å²) in [7, 11) is 0. The second kappa shape index (κ2) is 3.95. The number of hydrogen-bond donors (Lipinski definition) is 1. The van der Waals surface area contributed by atoms with E-state index in [1.165, 1.54) is 0 Å². The molecule has 2 heteroatoms. The van der Waals surface area contributed by atoms with Gasteiger partial charge in [-0.25, -0.2) is 0 Å². The predicted octanol–water partition coefficient (Wildman–Crippen LogP) is 2.74. The summed E-state index contributed by atoms with van der Waals surface area (Å²) in [5.41, 5.74) is 1.46. The lowest BCUT2D eigenvalue weighted by Crippen LogP contribution is -2.29. The van der Waals surface area contributed by atoms with Crippen LogP contribution in [0.25, 0.3) is 0 Å². The first-order chi connectivity index (χ1) is 8.18. The molecule has 1 atom stereocenters. The van der Waals surface area contributed by atoms with E-state index in [4.69, 9.17) is 0 Å². The van der Waals surface area contributed by atoms with Crippen molar-refractivity contribution in [3.63, 3.8) is 0 Å². The highest BCUT2D eigenvalue weighted by atomic mass is 16.3. The first-order valence-corrected chi connectivity index (χ1v) is 6.52. The van der Waals surface area contributed by atoms with Gasteiger partial charge in [0.2, 0.25) is 0 Å². The molecular weight excluding hydrogens is 212 g/mol. The first-order valence-electron chi connectivity index (χ1n) is 6.52. The lowest BCUT2D eigenvalue weighted by molar-refractivity contribution is 0.0230. The van der Waals surface area contributed by atoms with Crippen molar-refractivity contribution in [2.24, 2.45) is 5.92 Å². The van der Waals surface area contributed by atoms with Crippen LogP contribution in [-0.4, -0.2) is 16.5 Å². The zero-order valence-corrected chi connectivity index (χ0v) is 9.98. The number of rotatable bonds is 2. The molecule has 1 fully saturated rings. The summed E-state index contributed by atoms with van der Waals surface area (Å²) in [5, 5.41) is 10.4. The molecule has 0 saturated heterocycles. The lowest BCUT2D eigenvalue weighted by atomic mass is 9.87. The fraction of sp³-hybridized carbons (Fsp3) is 0.533. The van der Waals surface area contributed by atoms with Crippen LogP contribution in [0.3, 0.4) is 0 Å². The van der Waals surface area contributed by atoms with Crippen molar-refractivity contribution in [3.05, 3.63) is 35.4 Å². The van der Waals surface area contributed by atoms with Crippen molar-refractivity contribution >= 4 is 5.78 Å². The molecule has 0 amide bonds. The average molecular weight is 230 g/mol. The van der Waals surface area contributed by atoms with Crippen LogP contribution in [0.15, 0.2) is 24.3 Å². The summed E-state index contributed by atoms with van der Waals surface area (Å²) in [6.45, 7) is 0. The molecule has 0 radical (unpaired) electrons. The van der Waals surface area contributed by atoms with Gasteiger partial charge in [0.05, 0.1) is 5.60 Å². The number of carbonyl (C=O) groups is 1. The summed E-state index contributed by atoms with van der Waals surface area (Å²) >= 11 is 0. The highest BCUT2D eigenvalue weighted by Gasteiger charge is 2.39. The molecule has 0 bridgehead atoms. The number of aliphatic hydroxyl groups is 1. The van der Waals surface area contributed by atoms with Crippen LogP contribution < -0.4 is 0 Å². The Labute approximate surface area is 102 Å². The quantitative estimate of drug-likeness (QED) is 0.848. The van der Waals surface area contributed by atoms with E-state index in [-0.39, 0.29) is 11.7 Å². The zero-order valence-electron chi connectivity index (χ0n) is 9.98. The Morgan fingerprint density at radius 2 is 1.94 bits per heavy atom. The normalized spacial score (nSPS) is 26.2. The van der Waals surface area contributed by atoms with Crippen LogP contribution in [0.4, 0.5) is 0 Å². The largest absolute Gasteiger partial charge is 0.390 e. The van der Waals surface area contributed by atoms with E-state index in [1.807, 2.05) is 24.3 Å². The van der Waals surface area contributed by atoms with Crippen LogP contribution in [0.2, 0.25) is 0 Å². The molecule has 1 unspecified atom stereocenters. The van der Waals surface area contributed by atoms with Gasteiger partial charge < -0.3 is 5.11 Å². The third kappa shape index (κ3) is 1.91. The third-order valence-corrected chi connectivity index (χ3v) is 4.28. The van der Waals surface area contributed by atoms with Gasteiger partial charge >= 0.3 is 0 Å². The maximum atomic E-state index is 12.2. The van der Waals surface area contributed by atoms with E-state index >= 15 is 0 Å². The Bertz CT molecular complexity index is 444. The Morgan fingerprint density at radius 1 is 1.24 bits per heavy atom. The first kappa shape index (κ1) is 11.0. The molecule has 3 rings (SSSR count). The molecule has 0 spiro atoms. The van der Waals surface area contributed by atoms with Gasteiger partial charge in [-0.05, 0) is 31.2 Å². The summed E-state index contributed by atoms with van der Waals surface area (Å²) in [6.07, 6.45) is 5.41. The van der Waals surface area contributed by atoms with Crippen molar-refractivity contribution in [2.45, 2.75) is 44.1 Å². The number of ketones is 1. The monoisotopic (exact) mass is 230 g/mol. The minimum atomic E-state index is -0.567. The van der Waals surface area contributed by atoms with Gasteiger partial charge in [0.1, 0.15) is 0 Å². The van der Waals surface area contributed by atoms with Crippen molar-refractivity contribution in [3.8, 4) is 0 Å². The summed E-state index contributed by atoms with van der Waals surface area (Å²) in [6, 6.07) is 7.85. The van der Waals surface area contributed by atoms with Gasteiger partial charge in [-0.3, -0.25) is 4.79 Å². The number of carbonyl (C=O) groups excluding carboxylic acids is 1. The molecule has 0 aromatic heterocycles. The highest BCUT2D eigenvalue weighted by Crippen LogP contribution is 2.39. The van der Waals surface area contributed by atoms with E-state index in [9.17, 15) is 9.90 Å². The van der Waals surface area contributed by atoms with Crippen molar-refractivity contribution < 1.29 is 9.90 Å². The number of Topliss-reactive ketones (excluding diaryl/α,β-unsaturated/α-hetero) is 1. The van der Waals surface area contributed by atoms with E-state index in [0.717, 1.165) is 43.2 Å².